The molecule has 10 heteroatoms. The Labute approximate surface area is 329 Å². The van der Waals surface area contributed by atoms with Gasteiger partial charge < -0.3 is 18.9 Å². The summed E-state index contributed by atoms with van der Waals surface area (Å²) in [6.45, 7) is 3.06. The standard InChI is InChI=1S/C44H56N6O2S2/c51-41(49-25-23-47-31-37(35-17-9-3-10-18-35)45-43(47)39(49)29-33-13-5-1-6-14-33)21-27-53-54-28-22-42(52)50-26-24-48-32-38(36-19-11-4-12-20-36)46-44(48)40(50)30-34-15-7-2-8-16-34/h3-4,9-12,17-20,31-34,39-40H,1-2,5-8,13-16,21-30H2/t39-,40-/m0/s1. The molecule has 8 nitrogen and oxygen atoms in total. The summed E-state index contributed by atoms with van der Waals surface area (Å²) in [5.41, 5.74) is 4.26. The van der Waals surface area contributed by atoms with Gasteiger partial charge in [0.05, 0.1) is 23.5 Å². The van der Waals surface area contributed by atoms with Crippen LogP contribution < -0.4 is 0 Å². The van der Waals surface area contributed by atoms with Gasteiger partial charge in [-0.2, -0.15) is 0 Å². The number of benzene rings is 2. The van der Waals surface area contributed by atoms with E-state index in [1.54, 1.807) is 21.6 Å². The van der Waals surface area contributed by atoms with Crippen LogP contribution in [0.4, 0.5) is 0 Å². The Morgan fingerprint density at radius 1 is 0.556 bits per heavy atom. The first-order valence-electron chi connectivity index (χ1n) is 20.7. The molecule has 286 valence electrons. The maximum Gasteiger partial charge on any atom is 0.224 e. The third kappa shape index (κ3) is 8.80. The minimum Gasteiger partial charge on any atom is -0.331 e. The van der Waals surface area contributed by atoms with E-state index in [0.29, 0.717) is 24.7 Å². The van der Waals surface area contributed by atoms with Crippen molar-refractivity contribution in [1.29, 1.82) is 0 Å². The second kappa shape index (κ2) is 18.0. The highest BCUT2D eigenvalue weighted by molar-refractivity contribution is 8.76. The van der Waals surface area contributed by atoms with Crippen molar-refractivity contribution in [3.05, 3.63) is 84.7 Å². The van der Waals surface area contributed by atoms with Crippen molar-refractivity contribution in [2.75, 3.05) is 24.6 Å². The molecule has 2 aromatic heterocycles. The number of aromatic nitrogens is 4. The second-order valence-corrected chi connectivity index (χ2v) is 18.6. The first-order valence-corrected chi connectivity index (χ1v) is 23.2. The van der Waals surface area contributed by atoms with Crippen LogP contribution in [0.3, 0.4) is 0 Å². The molecule has 0 bridgehead atoms. The number of nitrogens with zero attached hydrogens (tertiary/aromatic N) is 6. The monoisotopic (exact) mass is 764 g/mol. The second-order valence-electron chi connectivity index (χ2n) is 15.9. The van der Waals surface area contributed by atoms with Crippen molar-refractivity contribution in [1.82, 2.24) is 28.9 Å². The summed E-state index contributed by atoms with van der Waals surface area (Å²) >= 11 is 0. The van der Waals surface area contributed by atoms with E-state index < -0.39 is 0 Å². The van der Waals surface area contributed by atoms with E-state index in [0.717, 1.165) is 84.7 Å². The number of amides is 2. The lowest BCUT2D eigenvalue weighted by Crippen LogP contribution is -2.43. The molecule has 54 heavy (non-hydrogen) atoms. The van der Waals surface area contributed by atoms with Gasteiger partial charge in [0.2, 0.25) is 11.8 Å². The number of imidazole rings is 2. The molecule has 0 spiro atoms. The van der Waals surface area contributed by atoms with Gasteiger partial charge in [-0.05, 0) is 24.7 Å². The van der Waals surface area contributed by atoms with Crippen molar-refractivity contribution in [3.8, 4) is 22.5 Å². The molecule has 0 unspecified atom stereocenters. The molecular formula is C44H56N6O2S2. The van der Waals surface area contributed by atoms with Crippen LogP contribution in [0.1, 0.15) is 114 Å². The molecule has 8 rings (SSSR count). The lowest BCUT2D eigenvalue weighted by Gasteiger charge is -2.38. The predicted molar refractivity (Wildman–Crippen MR) is 221 cm³/mol. The van der Waals surface area contributed by atoms with Crippen molar-refractivity contribution < 1.29 is 9.59 Å². The fourth-order valence-corrected chi connectivity index (χ4v) is 11.4. The van der Waals surface area contributed by atoms with E-state index in [1.165, 1.54) is 64.2 Å². The molecule has 0 saturated heterocycles. The van der Waals surface area contributed by atoms with Gasteiger partial charge in [0, 0.05) is 74.0 Å². The Hall–Kier alpha value is -3.50. The van der Waals surface area contributed by atoms with Crippen LogP contribution in [0.15, 0.2) is 73.1 Å². The van der Waals surface area contributed by atoms with Gasteiger partial charge in [-0.1, -0.05) is 146 Å². The fraction of sp³-hybridized carbons (Fsp3) is 0.545. The van der Waals surface area contributed by atoms with E-state index in [2.05, 4.69) is 79.9 Å². The van der Waals surface area contributed by atoms with Crippen molar-refractivity contribution in [2.24, 2.45) is 11.8 Å². The molecule has 4 heterocycles. The molecule has 0 N–H and O–H groups in total. The van der Waals surface area contributed by atoms with Crippen molar-refractivity contribution in [3.63, 3.8) is 0 Å². The Balaban J connectivity index is 0.857. The number of fused-ring (bicyclic) bond motifs is 2. The van der Waals surface area contributed by atoms with E-state index in [1.807, 2.05) is 12.1 Å². The Morgan fingerprint density at radius 2 is 0.963 bits per heavy atom. The number of carbonyl (C=O) groups is 2. The summed E-state index contributed by atoms with van der Waals surface area (Å²) in [5, 5.41) is 0. The molecule has 2 saturated carbocycles. The fourth-order valence-electron chi connectivity index (χ4n) is 9.47. The Morgan fingerprint density at radius 3 is 1.37 bits per heavy atom. The van der Waals surface area contributed by atoms with Gasteiger partial charge in [0.15, 0.2) is 0 Å². The van der Waals surface area contributed by atoms with Gasteiger partial charge in [-0.25, -0.2) is 9.97 Å². The summed E-state index contributed by atoms with van der Waals surface area (Å²) < 4.78 is 4.61. The molecule has 2 aliphatic carbocycles. The molecule has 2 fully saturated rings. The van der Waals surface area contributed by atoms with Crippen molar-refractivity contribution in [2.45, 2.75) is 115 Å². The van der Waals surface area contributed by atoms with E-state index >= 15 is 0 Å². The molecule has 0 radical (unpaired) electrons. The highest BCUT2D eigenvalue weighted by Gasteiger charge is 2.36. The zero-order valence-electron chi connectivity index (χ0n) is 31.7. The van der Waals surface area contributed by atoms with Crippen LogP contribution >= 0.6 is 21.6 Å². The van der Waals surface area contributed by atoms with Gasteiger partial charge in [0.1, 0.15) is 11.6 Å². The maximum atomic E-state index is 13.9. The number of carbonyl (C=O) groups excluding carboxylic acids is 2. The lowest BCUT2D eigenvalue weighted by atomic mass is 9.84. The molecule has 2 aliphatic heterocycles. The van der Waals surface area contributed by atoms with Crippen LogP contribution in [0.5, 0.6) is 0 Å². The van der Waals surface area contributed by atoms with Gasteiger partial charge in [-0.3, -0.25) is 9.59 Å². The zero-order valence-corrected chi connectivity index (χ0v) is 33.3. The molecular weight excluding hydrogens is 709 g/mol. The largest absolute Gasteiger partial charge is 0.331 e. The topological polar surface area (TPSA) is 76.3 Å². The Bertz CT molecular complexity index is 1700. The van der Waals surface area contributed by atoms with Gasteiger partial charge in [0.25, 0.3) is 0 Å². The number of hydrogen-bond acceptors (Lipinski definition) is 6. The highest BCUT2D eigenvalue weighted by atomic mass is 33.1. The third-order valence-electron chi connectivity index (χ3n) is 12.4. The maximum absolute atomic E-state index is 13.9. The average Bonchev–Trinajstić information content (AvgIpc) is 3.87. The van der Waals surface area contributed by atoms with Gasteiger partial charge in [-0.15, -0.1) is 0 Å². The van der Waals surface area contributed by atoms with E-state index in [9.17, 15) is 9.59 Å². The van der Waals surface area contributed by atoms with Crippen LogP contribution in [-0.4, -0.2) is 65.3 Å². The van der Waals surface area contributed by atoms with Crippen LogP contribution in [0, 0.1) is 11.8 Å². The SMILES string of the molecule is O=C(CCSSCCC(=O)N1CCn2cc(-c3ccccc3)nc2[C@@H]1CC1CCCCC1)N1CCn2cc(-c3ccccc3)nc2[C@@H]1CC1CCCCC1. The lowest BCUT2D eigenvalue weighted by molar-refractivity contribution is -0.135. The molecule has 4 aliphatic rings. The molecule has 2 amide bonds. The number of hydrogen-bond donors (Lipinski definition) is 0. The minimum atomic E-state index is 0.0348. The zero-order chi connectivity index (χ0) is 36.7. The predicted octanol–water partition coefficient (Wildman–Crippen LogP) is 9.98. The van der Waals surface area contributed by atoms with Crippen LogP contribution in [0.2, 0.25) is 0 Å². The normalized spacial score (nSPS) is 20.8. The first-order chi connectivity index (χ1) is 26.6. The molecule has 2 atom stereocenters. The van der Waals surface area contributed by atoms with Crippen molar-refractivity contribution >= 4 is 33.4 Å². The van der Waals surface area contributed by atoms with Gasteiger partial charge >= 0.3 is 0 Å². The van der Waals surface area contributed by atoms with Crippen LogP contribution in [-0.2, 0) is 22.7 Å². The average molecular weight is 765 g/mol. The smallest absolute Gasteiger partial charge is 0.224 e. The Kier molecular flexibility index (Phi) is 12.5. The van der Waals surface area contributed by atoms with E-state index in [-0.39, 0.29) is 23.9 Å². The third-order valence-corrected chi connectivity index (χ3v) is 14.8. The summed E-state index contributed by atoms with van der Waals surface area (Å²) in [6.07, 6.45) is 20.3. The highest BCUT2D eigenvalue weighted by Crippen LogP contribution is 2.40. The molecule has 2 aromatic carbocycles. The summed E-state index contributed by atoms with van der Waals surface area (Å²) in [7, 11) is 3.48. The molecule has 4 aromatic rings. The summed E-state index contributed by atoms with van der Waals surface area (Å²) in [4.78, 5) is 42.4. The first kappa shape index (κ1) is 37.4. The summed E-state index contributed by atoms with van der Waals surface area (Å²) in [6, 6.07) is 20.9. The van der Waals surface area contributed by atoms with Crippen LogP contribution in [0.25, 0.3) is 22.5 Å². The van der Waals surface area contributed by atoms with E-state index in [4.69, 9.17) is 9.97 Å². The number of rotatable bonds is 13. The quantitative estimate of drug-likeness (QED) is 0.0997. The summed E-state index contributed by atoms with van der Waals surface area (Å²) in [5.74, 6) is 5.38. The minimum absolute atomic E-state index is 0.0348.